The smallest absolute Gasteiger partial charge is 0.459 e. The van der Waals surface area contributed by atoms with Gasteiger partial charge in [0.1, 0.15) is 48.0 Å². The Hall–Kier alpha value is -3.57. The monoisotopic (exact) mass is 602 g/mol. The van der Waals surface area contributed by atoms with Crippen molar-refractivity contribution in [2.45, 2.75) is 63.6 Å². The molecule has 1 aliphatic rings. The van der Waals surface area contributed by atoms with Crippen molar-refractivity contribution in [2.24, 2.45) is 5.92 Å². The van der Waals surface area contributed by atoms with Gasteiger partial charge >= 0.3 is 13.7 Å². The van der Waals surface area contributed by atoms with Crippen LogP contribution in [0, 0.1) is 17.2 Å². The van der Waals surface area contributed by atoms with Crippen LogP contribution in [-0.4, -0.2) is 68.3 Å². The molecule has 14 nitrogen and oxygen atoms in total. The number of carbonyl (C=O) groups excluding carboxylic acids is 1. The van der Waals surface area contributed by atoms with E-state index in [1.807, 2.05) is 19.9 Å². The lowest BCUT2D eigenvalue weighted by Crippen LogP contribution is -2.41. The van der Waals surface area contributed by atoms with Crippen molar-refractivity contribution >= 4 is 25.1 Å². The highest BCUT2D eigenvalue weighted by molar-refractivity contribution is 7.52. The Morgan fingerprint density at radius 2 is 1.98 bits per heavy atom. The van der Waals surface area contributed by atoms with Gasteiger partial charge in [-0.2, -0.15) is 15.4 Å². The van der Waals surface area contributed by atoms with Gasteiger partial charge in [-0.3, -0.25) is 9.32 Å². The highest BCUT2D eigenvalue weighted by Gasteiger charge is 2.58. The summed E-state index contributed by atoms with van der Waals surface area (Å²) in [5.74, 6) is -0.143. The van der Waals surface area contributed by atoms with Gasteiger partial charge in [0.15, 0.2) is 5.82 Å². The van der Waals surface area contributed by atoms with Crippen LogP contribution in [0.2, 0.25) is 0 Å². The Balaban J connectivity index is 1.53. The van der Waals surface area contributed by atoms with E-state index in [-0.39, 0.29) is 29.8 Å². The predicted molar refractivity (Wildman–Crippen MR) is 150 cm³/mol. The van der Waals surface area contributed by atoms with Crippen LogP contribution in [0.15, 0.2) is 48.8 Å². The molecule has 0 aliphatic carbocycles. The summed E-state index contributed by atoms with van der Waals surface area (Å²) in [6, 6.07) is 12.0. The predicted octanol–water partition coefficient (Wildman–Crippen LogP) is 2.31. The van der Waals surface area contributed by atoms with Crippen LogP contribution in [0.5, 0.6) is 5.75 Å². The molecule has 3 aromatic rings. The summed E-state index contributed by atoms with van der Waals surface area (Å²) in [5.41, 5.74) is 4.28. The fourth-order valence-corrected chi connectivity index (χ4v) is 6.07. The minimum absolute atomic E-state index is 0.0961. The van der Waals surface area contributed by atoms with Crippen LogP contribution < -0.4 is 15.3 Å². The van der Waals surface area contributed by atoms with Crippen molar-refractivity contribution in [2.75, 3.05) is 18.9 Å². The summed E-state index contributed by atoms with van der Waals surface area (Å²) < 4.78 is 37.8. The van der Waals surface area contributed by atoms with Crippen molar-refractivity contribution in [3.63, 3.8) is 0 Å². The maximum Gasteiger partial charge on any atom is 0.459 e. The number of hydrogen-bond donors (Lipinski definition) is 4. The summed E-state index contributed by atoms with van der Waals surface area (Å²) >= 11 is 0. The molecular formula is C27H35N6O8P. The second-order valence-corrected chi connectivity index (χ2v) is 11.7. The quantitative estimate of drug-likeness (QED) is 0.164. The Morgan fingerprint density at radius 3 is 2.64 bits per heavy atom. The lowest BCUT2D eigenvalue weighted by atomic mass is 9.92. The number of aliphatic hydroxyl groups excluding tert-OH is 2. The summed E-state index contributed by atoms with van der Waals surface area (Å²) in [5, 5.41) is 38.7. The van der Waals surface area contributed by atoms with E-state index in [9.17, 15) is 24.8 Å². The number of aromatic nitrogens is 3. The Kier molecular flexibility index (Phi) is 9.83. The van der Waals surface area contributed by atoms with Gasteiger partial charge < -0.3 is 29.9 Å². The first kappa shape index (κ1) is 31.4. The Morgan fingerprint density at radius 1 is 1.26 bits per heavy atom. The maximum absolute atomic E-state index is 13.9. The Bertz CT molecular complexity index is 1460. The van der Waals surface area contributed by atoms with Gasteiger partial charge in [0.05, 0.1) is 18.9 Å². The maximum atomic E-state index is 13.9. The number of esters is 1. The fourth-order valence-electron chi connectivity index (χ4n) is 4.57. The lowest BCUT2D eigenvalue weighted by molar-refractivity contribution is -0.146. The standard InChI is InChI=1S/C27H35N6O8P/c1-4-18(5-2)13-38-26(36)17(3)32-42(37,41-19-9-7-6-8-10-19)39-14-21-23(34)24(35)27(15-28,40-21)22-12-11-20-25(29)30-16-31-33(20)22/h6-12,16-18,21,23-24,34-35H,4-5,13-14H2,1-3H3,(H,32,37)(H2,29,30,31)/t17-,21-,23-,24-,27-,42?/m1/s1. The highest BCUT2D eigenvalue weighted by atomic mass is 31.2. The van der Waals surface area contributed by atoms with Gasteiger partial charge in [-0.05, 0) is 37.1 Å². The second-order valence-electron chi connectivity index (χ2n) is 9.96. The van der Waals surface area contributed by atoms with E-state index in [0.717, 1.165) is 12.8 Å². The number of aliphatic hydroxyl groups is 2. The van der Waals surface area contributed by atoms with Crippen LogP contribution in [-0.2, 0) is 29.0 Å². The van der Waals surface area contributed by atoms with Gasteiger partial charge in [0, 0.05) is 0 Å². The molecule has 6 atom stereocenters. The van der Waals surface area contributed by atoms with E-state index >= 15 is 0 Å². The molecule has 0 amide bonds. The van der Waals surface area contributed by atoms with Crippen molar-refractivity contribution in [3.05, 3.63) is 54.5 Å². The average Bonchev–Trinajstić information content (AvgIpc) is 3.53. The molecule has 4 rings (SSSR count). The number of nitrogen functional groups attached to an aromatic ring is 1. The minimum atomic E-state index is -4.32. The molecule has 1 fully saturated rings. The zero-order chi connectivity index (χ0) is 30.5. The number of nitrogens with two attached hydrogens (primary N) is 1. The molecule has 5 N–H and O–H groups in total. The molecule has 0 spiro atoms. The summed E-state index contributed by atoms with van der Waals surface area (Å²) in [6.45, 7) is 5.08. The van der Waals surface area contributed by atoms with E-state index in [1.54, 1.807) is 36.4 Å². The first-order valence-electron chi connectivity index (χ1n) is 13.5. The SMILES string of the molecule is CCC(CC)COC(=O)[C@@H](C)NP(=O)(OC[C@H]1O[C@](C#N)(c2ccc3c(N)ncnn23)[C@H](O)[C@@H]1O)Oc1ccccc1. The van der Waals surface area contributed by atoms with Gasteiger partial charge in [-0.15, -0.1) is 0 Å². The average molecular weight is 603 g/mol. The lowest BCUT2D eigenvalue weighted by Gasteiger charge is -2.25. The molecule has 1 saturated heterocycles. The molecule has 1 aliphatic heterocycles. The number of nitrogens with one attached hydrogen (secondary N) is 1. The largest absolute Gasteiger partial charge is 0.464 e. The van der Waals surface area contributed by atoms with Crippen LogP contribution in [0.3, 0.4) is 0 Å². The summed E-state index contributed by atoms with van der Waals surface area (Å²) in [6.07, 6.45) is -1.87. The van der Waals surface area contributed by atoms with Crippen LogP contribution in [0.25, 0.3) is 5.52 Å². The zero-order valence-electron chi connectivity index (χ0n) is 23.5. The first-order chi connectivity index (χ1) is 20.1. The molecule has 1 aromatic carbocycles. The fraction of sp³-hybridized carbons (Fsp3) is 0.481. The van der Waals surface area contributed by atoms with Crippen LogP contribution in [0.4, 0.5) is 5.82 Å². The number of nitriles is 1. The van der Waals surface area contributed by atoms with E-state index in [4.69, 9.17) is 24.3 Å². The van der Waals surface area contributed by atoms with E-state index in [0.29, 0.717) is 5.52 Å². The number of anilines is 1. The number of ether oxygens (including phenoxy) is 2. The molecule has 15 heteroatoms. The van der Waals surface area contributed by atoms with E-state index in [2.05, 4.69) is 15.2 Å². The Labute approximate surface area is 242 Å². The van der Waals surface area contributed by atoms with Gasteiger partial charge in [0.25, 0.3) is 0 Å². The number of nitrogens with zero attached hydrogens (tertiary/aromatic N) is 4. The third-order valence-electron chi connectivity index (χ3n) is 7.19. The third kappa shape index (κ3) is 6.42. The number of hydrogen-bond acceptors (Lipinski definition) is 12. The number of para-hydroxylation sites is 1. The van der Waals surface area contributed by atoms with Gasteiger partial charge in [-0.25, -0.2) is 14.1 Å². The third-order valence-corrected chi connectivity index (χ3v) is 8.83. The molecule has 0 radical (unpaired) electrons. The van der Waals surface area contributed by atoms with E-state index in [1.165, 1.54) is 23.8 Å². The number of carbonyl (C=O) groups is 1. The van der Waals surface area contributed by atoms with Crippen molar-refractivity contribution in [1.82, 2.24) is 19.7 Å². The molecule has 2 aromatic heterocycles. The second kappa shape index (κ2) is 13.2. The molecule has 0 bridgehead atoms. The normalized spacial score (nSPS) is 24.3. The minimum Gasteiger partial charge on any atom is -0.464 e. The molecular weight excluding hydrogens is 567 g/mol. The first-order valence-corrected chi connectivity index (χ1v) is 15.1. The van der Waals surface area contributed by atoms with Gasteiger partial charge in [0.2, 0.25) is 5.60 Å². The number of fused-ring (bicyclic) bond motifs is 1. The molecule has 42 heavy (non-hydrogen) atoms. The molecule has 226 valence electrons. The summed E-state index contributed by atoms with van der Waals surface area (Å²) in [4.78, 5) is 16.6. The zero-order valence-corrected chi connectivity index (χ0v) is 24.4. The van der Waals surface area contributed by atoms with E-state index < -0.39 is 50.3 Å². The number of rotatable bonds is 13. The summed E-state index contributed by atoms with van der Waals surface area (Å²) in [7, 11) is -4.32. The topological polar surface area (TPSA) is 204 Å². The van der Waals surface area contributed by atoms with Crippen molar-refractivity contribution in [3.8, 4) is 11.8 Å². The molecule has 3 heterocycles. The van der Waals surface area contributed by atoms with Crippen LogP contribution >= 0.6 is 7.75 Å². The highest BCUT2D eigenvalue weighted by Crippen LogP contribution is 2.47. The van der Waals surface area contributed by atoms with Crippen LogP contribution in [0.1, 0.15) is 39.3 Å². The number of benzene rings is 1. The van der Waals surface area contributed by atoms with Gasteiger partial charge in [-0.1, -0.05) is 44.9 Å². The van der Waals surface area contributed by atoms with Crippen molar-refractivity contribution < 1.29 is 38.1 Å². The van der Waals surface area contributed by atoms with Crippen molar-refractivity contribution in [1.29, 1.82) is 5.26 Å². The molecule has 0 saturated carbocycles. The molecule has 1 unspecified atom stereocenters.